The van der Waals surface area contributed by atoms with Crippen molar-refractivity contribution in [2.75, 3.05) is 12.0 Å². The van der Waals surface area contributed by atoms with E-state index in [4.69, 9.17) is 5.11 Å². The lowest BCUT2D eigenvalue weighted by molar-refractivity contribution is -0.121. The Morgan fingerprint density at radius 1 is 1.35 bits per heavy atom. The summed E-state index contributed by atoms with van der Waals surface area (Å²) < 4.78 is 0. The zero-order valence-corrected chi connectivity index (χ0v) is 10.6. The van der Waals surface area contributed by atoms with Crippen LogP contribution < -0.4 is 5.32 Å². The molecule has 0 aliphatic heterocycles. The van der Waals surface area contributed by atoms with Crippen molar-refractivity contribution < 1.29 is 15.0 Å². The van der Waals surface area contributed by atoms with Gasteiger partial charge in [-0.2, -0.15) is 11.8 Å². The highest BCUT2D eigenvalue weighted by Crippen LogP contribution is 2.24. The lowest BCUT2D eigenvalue weighted by Gasteiger charge is -2.06. The van der Waals surface area contributed by atoms with Gasteiger partial charge in [0.1, 0.15) is 0 Å². The van der Waals surface area contributed by atoms with E-state index in [0.29, 0.717) is 13.0 Å². The number of carbonyl (C=O) groups excluding carboxylic acids is 1. The number of phenols is 2. The summed E-state index contributed by atoms with van der Waals surface area (Å²) in [5, 5.41) is 21.2. The molecule has 0 radical (unpaired) electrons. The topological polar surface area (TPSA) is 69.6 Å². The molecule has 1 rings (SSSR count). The van der Waals surface area contributed by atoms with Gasteiger partial charge in [0.25, 0.3) is 0 Å². The SMILES string of the molecule is CSCCCC(=O)NCc1ccc(O)c(O)c1. The Labute approximate surface area is 105 Å². The molecule has 94 valence electrons. The monoisotopic (exact) mass is 255 g/mol. The molecule has 0 aliphatic carbocycles. The number of hydrogen-bond donors (Lipinski definition) is 3. The summed E-state index contributed by atoms with van der Waals surface area (Å²) in [6.07, 6.45) is 3.40. The van der Waals surface area contributed by atoms with Gasteiger partial charge in [0.15, 0.2) is 11.5 Å². The Hall–Kier alpha value is -1.36. The number of benzene rings is 1. The minimum Gasteiger partial charge on any atom is -0.504 e. The molecule has 0 fully saturated rings. The molecule has 1 amide bonds. The van der Waals surface area contributed by atoms with Crippen LogP contribution in [0, 0.1) is 0 Å². The van der Waals surface area contributed by atoms with Gasteiger partial charge in [0.05, 0.1) is 0 Å². The van der Waals surface area contributed by atoms with Crippen molar-refractivity contribution in [1.29, 1.82) is 0 Å². The number of amides is 1. The predicted octanol–water partition coefficient (Wildman–Crippen LogP) is 1.86. The Balaban J connectivity index is 2.34. The molecule has 0 saturated carbocycles. The molecule has 0 unspecified atom stereocenters. The van der Waals surface area contributed by atoms with E-state index in [1.165, 1.54) is 12.1 Å². The molecule has 1 aromatic carbocycles. The molecule has 0 heterocycles. The van der Waals surface area contributed by atoms with Crippen molar-refractivity contribution in [3.63, 3.8) is 0 Å². The van der Waals surface area contributed by atoms with E-state index in [1.54, 1.807) is 17.8 Å². The molecule has 5 heteroatoms. The maximum atomic E-state index is 11.4. The van der Waals surface area contributed by atoms with Gasteiger partial charge >= 0.3 is 0 Å². The third-order valence-corrected chi connectivity index (χ3v) is 2.98. The molecular formula is C12H17NO3S. The third-order valence-electron chi connectivity index (χ3n) is 2.28. The van der Waals surface area contributed by atoms with Gasteiger partial charge in [0, 0.05) is 13.0 Å². The van der Waals surface area contributed by atoms with Crippen molar-refractivity contribution >= 4 is 17.7 Å². The molecule has 0 bridgehead atoms. The van der Waals surface area contributed by atoms with Crippen LogP contribution in [0.5, 0.6) is 11.5 Å². The number of aromatic hydroxyl groups is 2. The average molecular weight is 255 g/mol. The zero-order chi connectivity index (χ0) is 12.7. The molecule has 0 atom stereocenters. The summed E-state index contributed by atoms with van der Waals surface area (Å²) in [6, 6.07) is 4.51. The van der Waals surface area contributed by atoms with E-state index in [-0.39, 0.29) is 17.4 Å². The van der Waals surface area contributed by atoms with E-state index >= 15 is 0 Å². The Morgan fingerprint density at radius 2 is 2.12 bits per heavy atom. The van der Waals surface area contributed by atoms with Crippen LogP contribution in [-0.4, -0.2) is 28.1 Å². The van der Waals surface area contributed by atoms with Crippen molar-refractivity contribution in [1.82, 2.24) is 5.32 Å². The highest BCUT2D eigenvalue weighted by Gasteiger charge is 2.03. The van der Waals surface area contributed by atoms with Gasteiger partial charge in [-0.1, -0.05) is 6.07 Å². The highest BCUT2D eigenvalue weighted by molar-refractivity contribution is 7.98. The van der Waals surface area contributed by atoms with E-state index in [2.05, 4.69) is 5.32 Å². The maximum Gasteiger partial charge on any atom is 0.220 e. The fourth-order valence-electron chi connectivity index (χ4n) is 1.35. The summed E-state index contributed by atoms with van der Waals surface area (Å²) in [6.45, 7) is 0.367. The zero-order valence-electron chi connectivity index (χ0n) is 9.77. The van der Waals surface area contributed by atoms with Gasteiger partial charge in [-0.05, 0) is 36.1 Å². The molecule has 17 heavy (non-hydrogen) atoms. The second kappa shape index (κ2) is 7.06. The van der Waals surface area contributed by atoms with Crippen molar-refractivity contribution in [2.24, 2.45) is 0 Å². The summed E-state index contributed by atoms with van der Waals surface area (Å²) in [4.78, 5) is 11.4. The number of nitrogens with one attached hydrogen (secondary N) is 1. The first-order valence-electron chi connectivity index (χ1n) is 5.40. The van der Waals surface area contributed by atoms with Crippen LogP contribution in [0.15, 0.2) is 18.2 Å². The van der Waals surface area contributed by atoms with Gasteiger partial charge in [-0.15, -0.1) is 0 Å². The minimum atomic E-state index is -0.167. The molecular weight excluding hydrogens is 238 g/mol. The predicted molar refractivity (Wildman–Crippen MR) is 69.2 cm³/mol. The Bertz CT molecular complexity index is 382. The number of thioether (sulfide) groups is 1. The maximum absolute atomic E-state index is 11.4. The van der Waals surface area contributed by atoms with E-state index in [9.17, 15) is 9.90 Å². The summed E-state index contributed by atoms with van der Waals surface area (Å²) >= 11 is 1.72. The van der Waals surface area contributed by atoms with Crippen molar-refractivity contribution in [2.45, 2.75) is 19.4 Å². The van der Waals surface area contributed by atoms with Crippen LogP contribution in [0.25, 0.3) is 0 Å². The lowest BCUT2D eigenvalue weighted by Crippen LogP contribution is -2.22. The second-order valence-corrected chi connectivity index (χ2v) is 4.68. The van der Waals surface area contributed by atoms with E-state index in [0.717, 1.165) is 17.7 Å². The van der Waals surface area contributed by atoms with Crippen molar-refractivity contribution in [3.05, 3.63) is 23.8 Å². The van der Waals surface area contributed by atoms with Crippen molar-refractivity contribution in [3.8, 4) is 11.5 Å². The molecule has 4 nitrogen and oxygen atoms in total. The second-order valence-electron chi connectivity index (χ2n) is 3.70. The fraction of sp³-hybridized carbons (Fsp3) is 0.417. The van der Waals surface area contributed by atoms with E-state index < -0.39 is 0 Å². The van der Waals surface area contributed by atoms with Crippen LogP contribution in [0.3, 0.4) is 0 Å². The number of hydrogen-bond acceptors (Lipinski definition) is 4. The molecule has 0 aliphatic rings. The number of phenolic OH excluding ortho intramolecular Hbond substituents is 2. The fourth-order valence-corrected chi connectivity index (χ4v) is 1.78. The Kier molecular flexibility index (Phi) is 5.69. The molecule has 0 aromatic heterocycles. The summed E-state index contributed by atoms with van der Waals surface area (Å²) in [5.74, 6) is 0.666. The molecule has 1 aromatic rings. The quantitative estimate of drug-likeness (QED) is 0.536. The molecule has 3 N–H and O–H groups in total. The molecule has 0 spiro atoms. The van der Waals surface area contributed by atoms with Gasteiger partial charge in [-0.3, -0.25) is 4.79 Å². The van der Waals surface area contributed by atoms with Gasteiger partial charge in [-0.25, -0.2) is 0 Å². The normalized spacial score (nSPS) is 10.2. The first-order valence-corrected chi connectivity index (χ1v) is 6.79. The van der Waals surface area contributed by atoms with Crippen LogP contribution in [-0.2, 0) is 11.3 Å². The summed E-state index contributed by atoms with van der Waals surface area (Å²) in [7, 11) is 0. The first-order chi connectivity index (χ1) is 8.13. The van der Waals surface area contributed by atoms with Crippen LogP contribution in [0.1, 0.15) is 18.4 Å². The lowest BCUT2D eigenvalue weighted by atomic mass is 10.2. The average Bonchev–Trinajstić information content (AvgIpc) is 2.31. The largest absolute Gasteiger partial charge is 0.504 e. The first kappa shape index (κ1) is 13.7. The number of rotatable bonds is 6. The molecule has 0 saturated heterocycles. The van der Waals surface area contributed by atoms with Crippen LogP contribution in [0.4, 0.5) is 0 Å². The smallest absolute Gasteiger partial charge is 0.220 e. The Morgan fingerprint density at radius 3 is 2.76 bits per heavy atom. The standard InChI is InChI=1S/C12H17NO3S/c1-17-6-2-3-12(16)13-8-9-4-5-10(14)11(15)7-9/h4-5,7,14-15H,2-3,6,8H2,1H3,(H,13,16). The highest BCUT2D eigenvalue weighted by atomic mass is 32.2. The summed E-state index contributed by atoms with van der Waals surface area (Å²) in [5.41, 5.74) is 0.763. The van der Waals surface area contributed by atoms with E-state index in [1.807, 2.05) is 6.26 Å². The van der Waals surface area contributed by atoms with Gasteiger partial charge in [0.2, 0.25) is 5.91 Å². The van der Waals surface area contributed by atoms with Crippen LogP contribution >= 0.6 is 11.8 Å². The number of carbonyl (C=O) groups is 1. The van der Waals surface area contributed by atoms with Gasteiger partial charge < -0.3 is 15.5 Å². The third kappa shape index (κ3) is 4.99. The van der Waals surface area contributed by atoms with Crippen LogP contribution in [0.2, 0.25) is 0 Å². The minimum absolute atomic E-state index is 0.00612.